The molecule has 1 aromatic heterocycles. The first-order valence-corrected chi connectivity index (χ1v) is 4.88. The molecule has 0 fully saturated rings. The first kappa shape index (κ1) is 11.0. The van der Waals surface area contributed by atoms with Gasteiger partial charge in [0.25, 0.3) is 0 Å². The van der Waals surface area contributed by atoms with Crippen LogP contribution in [-0.4, -0.2) is 12.1 Å². The summed E-state index contributed by atoms with van der Waals surface area (Å²) in [5.74, 6) is 0.737. The molecule has 1 rings (SSSR count). The second-order valence-electron chi connectivity index (χ2n) is 4.70. The summed E-state index contributed by atoms with van der Waals surface area (Å²) < 4.78 is 5.22. The summed E-state index contributed by atoms with van der Waals surface area (Å²) in [6.07, 6.45) is 1.88. The maximum Gasteiger partial charge on any atom is 0.216 e. The first-order chi connectivity index (χ1) is 6.38. The Bertz CT molecular complexity index is 337. The quantitative estimate of drug-likeness (QED) is 0.684. The Kier molecular flexibility index (Phi) is 2.84. The van der Waals surface area contributed by atoms with E-state index in [2.05, 4.69) is 39.6 Å². The lowest BCUT2D eigenvalue weighted by molar-refractivity contribution is 0.391. The van der Waals surface area contributed by atoms with E-state index in [1.165, 1.54) is 11.1 Å². The van der Waals surface area contributed by atoms with Crippen LogP contribution in [0.3, 0.4) is 0 Å². The van der Waals surface area contributed by atoms with Gasteiger partial charge in [-0.25, -0.2) is 4.98 Å². The molecular formula is C12H19NO. The Labute approximate surface area is 86.3 Å². The van der Waals surface area contributed by atoms with Crippen LogP contribution in [-0.2, 0) is 5.41 Å². The average Bonchev–Trinajstić information content (AvgIpc) is 2.02. The van der Waals surface area contributed by atoms with E-state index >= 15 is 0 Å². The van der Waals surface area contributed by atoms with Crippen LogP contribution in [0.4, 0.5) is 0 Å². The largest absolute Gasteiger partial charge is 0.481 e. The summed E-state index contributed by atoms with van der Waals surface area (Å²) in [6, 6.07) is 0. The van der Waals surface area contributed by atoms with Gasteiger partial charge in [0.15, 0.2) is 0 Å². The molecule has 0 N–H and O–H groups in total. The van der Waals surface area contributed by atoms with Gasteiger partial charge in [-0.15, -0.1) is 0 Å². The van der Waals surface area contributed by atoms with Crippen LogP contribution in [0, 0.1) is 13.8 Å². The zero-order valence-corrected chi connectivity index (χ0v) is 9.93. The molecule has 14 heavy (non-hydrogen) atoms. The molecule has 0 radical (unpaired) electrons. The van der Waals surface area contributed by atoms with Gasteiger partial charge in [0, 0.05) is 11.8 Å². The van der Waals surface area contributed by atoms with Crippen LogP contribution in [0.25, 0.3) is 0 Å². The maximum atomic E-state index is 5.22. The second kappa shape index (κ2) is 3.60. The highest BCUT2D eigenvalue weighted by Gasteiger charge is 2.21. The van der Waals surface area contributed by atoms with Crippen molar-refractivity contribution in [3.63, 3.8) is 0 Å². The van der Waals surface area contributed by atoms with Gasteiger partial charge < -0.3 is 4.74 Å². The van der Waals surface area contributed by atoms with Crippen LogP contribution in [0.15, 0.2) is 6.20 Å². The number of hydrogen-bond acceptors (Lipinski definition) is 2. The predicted octanol–water partition coefficient (Wildman–Crippen LogP) is 3.00. The van der Waals surface area contributed by atoms with E-state index in [0.29, 0.717) is 0 Å². The zero-order chi connectivity index (χ0) is 10.9. The smallest absolute Gasteiger partial charge is 0.216 e. The minimum atomic E-state index is 0.143. The predicted molar refractivity (Wildman–Crippen MR) is 59.0 cm³/mol. The van der Waals surface area contributed by atoms with Gasteiger partial charge in [-0.3, -0.25) is 0 Å². The number of ether oxygens (including phenoxy) is 1. The van der Waals surface area contributed by atoms with E-state index in [9.17, 15) is 0 Å². The second-order valence-corrected chi connectivity index (χ2v) is 4.70. The molecule has 0 spiro atoms. The summed E-state index contributed by atoms with van der Waals surface area (Å²) >= 11 is 0. The number of aromatic nitrogens is 1. The third-order valence-corrected chi connectivity index (χ3v) is 2.41. The van der Waals surface area contributed by atoms with Gasteiger partial charge >= 0.3 is 0 Å². The fourth-order valence-corrected chi connectivity index (χ4v) is 2.08. The van der Waals surface area contributed by atoms with Crippen LogP contribution in [0.1, 0.15) is 37.5 Å². The molecule has 0 saturated heterocycles. The topological polar surface area (TPSA) is 22.1 Å². The lowest BCUT2D eigenvalue weighted by Gasteiger charge is -2.24. The van der Waals surface area contributed by atoms with Crippen molar-refractivity contribution in [2.45, 2.75) is 40.0 Å². The van der Waals surface area contributed by atoms with Crippen molar-refractivity contribution in [1.82, 2.24) is 4.98 Å². The summed E-state index contributed by atoms with van der Waals surface area (Å²) in [4.78, 5) is 4.25. The number of rotatable bonds is 1. The van der Waals surface area contributed by atoms with Gasteiger partial charge in [-0.2, -0.15) is 0 Å². The Morgan fingerprint density at radius 3 is 2.21 bits per heavy atom. The number of methoxy groups -OCH3 is 1. The fraction of sp³-hybridized carbons (Fsp3) is 0.583. The van der Waals surface area contributed by atoms with Crippen molar-refractivity contribution in [3.8, 4) is 5.88 Å². The Hall–Kier alpha value is -1.05. The van der Waals surface area contributed by atoms with Gasteiger partial charge in [-0.05, 0) is 30.4 Å². The number of hydrogen-bond donors (Lipinski definition) is 0. The summed E-state index contributed by atoms with van der Waals surface area (Å²) in [5, 5.41) is 0. The van der Waals surface area contributed by atoms with Crippen molar-refractivity contribution in [2.75, 3.05) is 7.11 Å². The molecule has 0 atom stereocenters. The molecule has 0 aliphatic heterocycles. The fourth-order valence-electron chi connectivity index (χ4n) is 2.08. The molecule has 0 unspecified atom stereocenters. The summed E-state index contributed by atoms with van der Waals surface area (Å²) in [7, 11) is 1.66. The number of aryl methyl sites for hydroxylation is 1. The Morgan fingerprint density at radius 2 is 1.79 bits per heavy atom. The summed E-state index contributed by atoms with van der Waals surface area (Å²) in [6.45, 7) is 10.8. The maximum absolute atomic E-state index is 5.22. The lowest BCUT2D eigenvalue weighted by atomic mass is 9.82. The monoisotopic (exact) mass is 193 g/mol. The van der Waals surface area contributed by atoms with Gasteiger partial charge in [0.1, 0.15) is 0 Å². The molecular weight excluding hydrogens is 174 g/mol. The third kappa shape index (κ3) is 1.89. The Balaban J connectivity index is 3.40. The lowest BCUT2D eigenvalue weighted by Crippen LogP contribution is -2.16. The standard InChI is InChI=1S/C12H19NO/c1-8-7-13-11(14-6)9(2)10(8)12(3,4)5/h7H,1-6H3. The molecule has 2 heteroatoms. The van der Waals surface area contributed by atoms with Crippen LogP contribution < -0.4 is 4.74 Å². The normalized spacial score (nSPS) is 11.6. The van der Waals surface area contributed by atoms with E-state index in [1.54, 1.807) is 7.11 Å². The summed E-state index contributed by atoms with van der Waals surface area (Å²) in [5.41, 5.74) is 3.87. The van der Waals surface area contributed by atoms with Crippen molar-refractivity contribution in [3.05, 3.63) is 22.9 Å². The zero-order valence-electron chi connectivity index (χ0n) is 9.93. The van der Waals surface area contributed by atoms with E-state index < -0.39 is 0 Å². The first-order valence-electron chi connectivity index (χ1n) is 4.88. The highest BCUT2D eigenvalue weighted by atomic mass is 16.5. The number of pyridine rings is 1. The van der Waals surface area contributed by atoms with Crippen LogP contribution in [0.2, 0.25) is 0 Å². The van der Waals surface area contributed by atoms with Gasteiger partial charge in [-0.1, -0.05) is 20.8 Å². The average molecular weight is 193 g/mol. The molecule has 0 aliphatic rings. The highest BCUT2D eigenvalue weighted by Crippen LogP contribution is 2.32. The highest BCUT2D eigenvalue weighted by molar-refractivity contribution is 5.42. The van der Waals surface area contributed by atoms with E-state index in [4.69, 9.17) is 4.74 Å². The van der Waals surface area contributed by atoms with Crippen LogP contribution in [0.5, 0.6) is 5.88 Å². The van der Waals surface area contributed by atoms with Crippen molar-refractivity contribution >= 4 is 0 Å². The third-order valence-electron chi connectivity index (χ3n) is 2.41. The molecule has 78 valence electrons. The number of nitrogens with zero attached hydrogens (tertiary/aromatic N) is 1. The van der Waals surface area contributed by atoms with Crippen molar-refractivity contribution in [1.29, 1.82) is 0 Å². The van der Waals surface area contributed by atoms with Crippen LogP contribution >= 0.6 is 0 Å². The molecule has 2 nitrogen and oxygen atoms in total. The molecule has 0 bridgehead atoms. The molecule has 1 aromatic rings. The van der Waals surface area contributed by atoms with Crippen molar-refractivity contribution < 1.29 is 4.74 Å². The van der Waals surface area contributed by atoms with E-state index in [1.807, 2.05) is 6.20 Å². The molecule has 0 aromatic carbocycles. The van der Waals surface area contributed by atoms with E-state index in [0.717, 1.165) is 11.4 Å². The van der Waals surface area contributed by atoms with Gasteiger partial charge in [0.05, 0.1) is 7.11 Å². The molecule has 1 heterocycles. The SMILES string of the molecule is COc1ncc(C)c(C(C)(C)C)c1C. The van der Waals surface area contributed by atoms with Gasteiger partial charge in [0.2, 0.25) is 5.88 Å². The minimum Gasteiger partial charge on any atom is -0.481 e. The van der Waals surface area contributed by atoms with E-state index in [-0.39, 0.29) is 5.41 Å². The minimum absolute atomic E-state index is 0.143. The van der Waals surface area contributed by atoms with Crippen molar-refractivity contribution in [2.24, 2.45) is 0 Å². The molecule has 0 aliphatic carbocycles. The Morgan fingerprint density at radius 1 is 1.21 bits per heavy atom. The molecule has 0 amide bonds. The molecule has 0 saturated carbocycles.